The average molecular weight is 274 g/mol. The van der Waals surface area contributed by atoms with E-state index in [1.54, 1.807) is 12.1 Å². The van der Waals surface area contributed by atoms with Gasteiger partial charge in [0.2, 0.25) is 0 Å². The zero-order valence-corrected chi connectivity index (χ0v) is 11.8. The number of carbonyl (C=O) groups is 1. The van der Waals surface area contributed by atoms with Gasteiger partial charge in [0.25, 0.3) is 0 Å². The Balaban J connectivity index is 1.68. The second-order valence-corrected chi connectivity index (χ2v) is 5.35. The van der Waals surface area contributed by atoms with Crippen LogP contribution in [0.2, 0.25) is 0 Å². The van der Waals surface area contributed by atoms with Crippen LogP contribution in [0, 0.1) is 11.8 Å². The van der Waals surface area contributed by atoms with Gasteiger partial charge in [0, 0.05) is 0 Å². The monoisotopic (exact) mass is 274 g/mol. The third-order valence-corrected chi connectivity index (χ3v) is 3.88. The zero-order chi connectivity index (χ0) is 14.2. The molecule has 20 heavy (non-hydrogen) atoms. The second kappa shape index (κ2) is 7.73. The molecule has 108 valence electrons. The quantitative estimate of drug-likeness (QED) is 0.584. The van der Waals surface area contributed by atoms with E-state index in [4.69, 9.17) is 9.47 Å². The van der Waals surface area contributed by atoms with Gasteiger partial charge in [-0.15, -0.1) is 0 Å². The zero-order valence-electron chi connectivity index (χ0n) is 11.8. The van der Waals surface area contributed by atoms with Crippen LogP contribution in [0.4, 0.5) is 0 Å². The van der Waals surface area contributed by atoms with Crippen LogP contribution in [0.25, 0.3) is 0 Å². The summed E-state index contributed by atoms with van der Waals surface area (Å²) < 4.78 is 10.6. The van der Waals surface area contributed by atoms with E-state index in [9.17, 15) is 4.79 Å². The summed E-state index contributed by atoms with van der Waals surface area (Å²) in [5.41, 5.74) is 0.626. The predicted octanol–water partition coefficient (Wildman–Crippen LogP) is 3.81. The molecule has 0 radical (unpaired) electrons. The molecule has 0 atom stereocenters. The van der Waals surface area contributed by atoms with E-state index in [1.807, 2.05) is 18.2 Å². The molecule has 2 rings (SSSR count). The Hall–Kier alpha value is -1.77. The van der Waals surface area contributed by atoms with Gasteiger partial charge >= 0.3 is 5.97 Å². The van der Waals surface area contributed by atoms with Crippen LogP contribution in [-0.4, -0.2) is 19.2 Å². The first-order chi connectivity index (χ1) is 9.79. The molecule has 0 bridgehead atoms. The van der Waals surface area contributed by atoms with Crippen molar-refractivity contribution in [1.29, 1.82) is 0 Å². The van der Waals surface area contributed by atoms with E-state index in [0.29, 0.717) is 24.0 Å². The van der Waals surface area contributed by atoms with Crippen LogP contribution in [0.3, 0.4) is 0 Å². The smallest absolute Gasteiger partial charge is 0.338 e. The molecule has 3 nitrogen and oxygen atoms in total. The first-order valence-electron chi connectivity index (χ1n) is 7.24. The molecule has 3 heteroatoms. The van der Waals surface area contributed by atoms with Gasteiger partial charge in [-0.1, -0.05) is 24.8 Å². The number of carbonyl (C=O) groups excluding carboxylic acids is 1. The Morgan fingerprint density at radius 1 is 1.10 bits per heavy atom. The van der Waals surface area contributed by atoms with Gasteiger partial charge in [0.05, 0.1) is 25.0 Å². The lowest BCUT2D eigenvalue weighted by Crippen LogP contribution is -2.22. The highest BCUT2D eigenvalue weighted by Gasteiger charge is 2.22. The Morgan fingerprint density at radius 2 is 1.70 bits per heavy atom. The molecule has 1 aliphatic carbocycles. The Morgan fingerprint density at radius 3 is 2.30 bits per heavy atom. The number of benzene rings is 1. The molecule has 0 aliphatic heterocycles. The molecule has 0 aromatic heterocycles. The molecular weight excluding hydrogens is 252 g/mol. The summed E-state index contributed by atoms with van der Waals surface area (Å²) in [7, 11) is 0. The lowest BCUT2D eigenvalue weighted by Gasteiger charge is -2.27. The van der Waals surface area contributed by atoms with Crippen LogP contribution in [-0.2, 0) is 9.47 Å². The Kier molecular flexibility index (Phi) is 5.66. The van der Waals surface area contributed by atoms with Crippen molar-refractivity contribution < 1.29 is 14.3 Å². The number of ether oxygens (including phenoxy) is 2. The van der Waals surface area contributed by atoms with E-state index in [0.717, 1.165) is 32.3 Å². The van der Waals surface area contributed by atoms with Crippen LogP contribution in [0.15, 0.2) is 43.2 Å². The lowest BCUT2D eigenvalue weighted by molar-refractivity contribution is 0.0377. The van der Waals surface area contributed by atoms with E-state index in [1.165, 1.54) is 6.26 Å². The molecule has 1 aliphatic rings. The third-order valence-electron chi connectivity index (χ3n) is 3.88. The number of hydrogen-bond acceptors (Lipinski definition) is 3. The van der Waals surface area contributed by atoms with Crippen LogP contribution < -0.4 is 0 Å². The topological polar surface area (TPSA) is 35.5 Å². The molecule has 0 heterocycles. The first kappa shape index (κ1) is 14.6. The average Bonchev–Trinajstić information content (AvgIpc) is 2.52. The van der Waals surface area contributed by atoms with E-state index >= 15 is 0 Å². The normalized spacial score (nSPS) is 22.0. The molecular formula is C17H22O3. The maximum absolute atomic E-state index is 11.8. The van der Waals surface area contributed by atoms with Crippen molar-refractivity contribution in [3.63, 3.8) is 0 Å². The van der Waals surface area contributed by atoms with Crippen molar-refractivity contribution in [3.05, 3.63) is 48.7 Å². The fourth-order valence-electron chi connectivity index (χ4n) is 2.62. The molecule has 1 saturated carbocycles. The minimum absolute atomic E-state index is 0.220. The van der Waals surface area contributed by atoms with Crippen molar-refractivity contribution in [1.82, 2.24) is 0 Å². The molecule has 1 aromatic carbocycles. The highest BCUT2D eigenvalue weighted by molar-refractivity contribution is 5.89. The SMILES string of the molecule is C=COCC1CCC(COC(=O)c2ccccc2)CC1. The number of esters is 1. The lowest BCUT2D eigenvalue weighted by atomic mass is 9.83. The summed E-state index contributed by atoms with van der Waals surface area (Å²) in [4.78, 5) is 11.8. The van der Waals surface area contributed by atoms with Crippen LogP contribution in [0.1, 0.15) is 36.0 Å². The first-order valence-corrected chi connectivity index (χ1v) is 7.24. The summed E-state index contributed by atoms with van der Waals surface area (Å²) in [5.74, 6) is 0.888. The largest absolute Gasteiger partial charge is 0.502 e. The summed E-state index contributed by atoms with van der Waals surface area (Å²) in [6, 6.07) is 9.16. The van der Waals surface area contributed by atoms with E-state index < -0.39 is 0 Å². The number of hydrogen-bond donors (Lipinski definition) is 0. The van der Waals surface area contributed by atoms with Crippen molar-refractivity contribution in [2.24, 2.45) is 11.8 Å². The van der Waals surface area contributed by atoms with Gasteiger partial charge in [-0.2, -0.15) is 0 Å². The minimum atomic E-state index is -0.220. The minimum Gasteiger partial charge on any atom is -0.502 e. The summed E-state index contributed by atoms with van der Waals surface area (Å²) in [6.07, 6.45) is 6.00. The summed E-state index contributed by atoms with van der Waals surface area (Å²) in [6.45, 7) is 4.85. The van der Waals surface area contributed by atoms with Gasteiger partial charge in [-0.3, -0.25) is 0 Å². The highest BCUT2D eigenvalue weighted by Crippen LogP contribution is 2.29. The Bertz CT molecular complexity index is 419. The van der Waals surface area contributed by atoms with Gasteiger partial charge in [0.1, 0.15) is 0 Å². The van der Waals surface area contributed by atoms with Crippen LogP contribution >= 0.6 is 0 Å². The van der Waals surface area contributed by atoms with Crippen molar-refractivity contribution in [3.8, 4) is 0 Å². The summed E-state index contributed by atoms with van der Waals surface area (Å²) in [5, 5.41) is 0. The van der Waals surface area contributed by atoms with Gasteiger partial charge in [0.15, 0.2) is 0 Å². The maximum Gasteiger partial charge on any atom is 0.338 e. The number of rotatable bonds is 6. The van der Waals surface area contributed by atoms with Gasteiger partial charge in [-0.05, 0) is 49.7 Å². The molecule has 0 saturated heterocycles. The highest BCUT2D eigenvalue weighted by atomic mass is 16.5. The van der Waals surface area contributed by atoms with E-state index in [-0.39, 0.29) is 5.97 Å². The fraction of sp³-hybridized carbons (Fsp3) is 0.471. The molecule has 0 unspecified atom stereocenters. The van der Waals surface area contributed by atoms with Gasteiger partial charge in [-0.25, -0.2) is 4.79 Å². The molecule has 1 aromatic rings. The van der Waals surface area contributed by atoms with Crippen molar-refractivity contribution in [2.45, 2.75) is 25.7 Å². The standard InChI is InChI=1S/C17H22O3/c1-2-19-12-14-8-10-15(11-9-14)13-20-17(18)16-6-4-3-5-7-16/h2-7,14-15H,1,8-13H2. The third kappa shape index (κ3) is 4.41. The maximum atomic E-state index is 11.8. The Labute approximate surface area is 120 Å². The molecule has 0 amide bonds. The predicted molar refractivity (Wildman–Crippen MR) is 78.3 cm³/mol. The fourth-order valence-corrected chi connectivity index (χ4v) is 2.62. The van der Waals surface area contributed by atoms with Gasteiger partial charge < -0.3 is 9.47 Å². The van der Waals surface area contributed by atoms with Crippen molar-refractivity contribution in [2.75, 3.05) is 13.2 Å². The second-order valence-electron chi connectivity index (χ2n) is 5.35. The molecule has 0 N–H and O–H groups in total. The summed E-state index contributed by atoms with van der Waals surface area (Å²) >= 11 is 0. The molecule has 1 fully saturated rings. The van der Waals surface area contributed by atoms with Crippen LogP contribution in [0.5, 0.6) is 0 Å². The molecule has 0 spiro atoms. The van der Waals surface area contributed by atoms with E-state index in [2.05, 4.69) is 6.58 Å². The van der Waals surface area contributed by atoms with Crippen molar-refractivity contribution >= 4 is 5.97 Å².